The lowest BCUT2D eigenvalue weighted by Crippen LogP contribution is -1.99. The zero-order valence-electron chi connectivity index (χ0n) is 15.6. The molecule has 7 heteroatoms. The Morgan fingerprint density at radius 2 is 1.96 bits per heavy atom. The fourth-order valence-electron chi connectivity index (χ4n) is 3.50. The maximum atomic E-state index is 4.74. The molecule has 3 aromatic heterocycles. The van der Waals surface area contributed by atoms with Gasteiger partial charge in [-0.25, -0.2) is 15.0 Å². The number of nitrogens with one attached hydrogen (secondary N) is 1. The van der Waals surface area contributed by atoms with Gasteiger partial charge in [0.25, 0.3) is 0 Å². The Hall–Kier alpha value is -1.96. The van der Waals surface area contributed by atoms with E-state index in [1.807, 2.05) is 11.3 Å². The van der Waals surface area contributed by atoms with Crippen LogP contribution in [0.25, 0.3) is 10.2 Å². The number of hydrogen-bond donors (Lipinski definition) is 1. The monoisotopic (exact) mass is 424 g/mol. The Balaban J connectivity index is 1.32. The summed E-state index contributed by atoms with van der Waals surface area (Å²) in [6.45, 7) is 2.09. The second-order valence-corrected chi connectivity index (χ2v) is 9.90. The molecule has 142 valence electrons. The van der Waals surface area contributed by atoms with Crippen molar-refractivity contribution in [2.45, 2.75) is 43.4 Å². The molecule has 0 unspecified atom stereocenters. The minimum Gasteiger partial charge on any atom is -0.332 e. The SMILES string of the molecule is Cc1ccc(Nc2nc(CSc3ncnc4sc5c(c34)CCCC5)cs2)cc1. The van der Waals surface area contributed by atoms with Gasteiger partial charge in [0, 0.05) is 27.1 Å². The van der Waals surface area contributed by atoms with Gasteiger partial charge < -0.3 is 5.32 Å². The van der Waals surface area contributed by atoms with Crippen molar-refractivity contribution in [3.8, 4) is 0 Å². The third-order valence-electron chi connectivity index (χ3n) is 4.93. The van der Waals surface area contributed by atoms with Crippen molar-refractivity contribution in [3.63, 3.8) is 0 Å². The summed E-state index contributed by atoms with van der Waals surface area (Å²) in [6, 6.07) is 8.38. The minimum absolute atomic E-state index is 0.822. The lowest BCUT2D eigenvalue weighted by atomic mass is 9.97. The number of hydrogen-bond acceptors (Lipinski definition) is 7. The van der Waals surface area contributed by atoms with E-state index in [4.69, 9.17) is 4.98 Å². The summed E-state index contributed by atoms with van der Waals surface area (Å²) in [5, 5.41) is 8.85. The highest BCUT2D eigenvalue weighted by Gasteiger charge is 2.20. The highest BCUT2D eigenvalue weighted by molar-refractivity contribution is 7.98. The molecule has 0 saturated heterocycles. The van der Waals surface area contributed by atoms with Gasteiger partial charge in [0.1, 0.15) is 16.2 Å². The minimum atomic E-state index is 0.822. The van der Waals surface area contributed by atoms with Crippen LogP contribution in [0.1, 0.15) is 34.5 Å². The van der Waals surface area contributed by atoms with E-state index in [1.165, 1.54) is 40.7 Å². The maximum absolute atomic E-state index is 4.74. The zero-order valence-corrected chi connectivity index (χ0v) is 18.0. The smallest absolute Gasteiger partial charge is 0.187 e. The van der Waals surface area contributed by atoms with E-state index in [-0.39, 0.29) is 0 Å². The van der Waals surface area contributed by atoms with Gasteiger partial charge in [-0.2, -0.15) is 0 Å². The lowest BCUT2D eigenvalue weighted by Gasteiger charge is -2.11. The molecular weight excluding hydrogens is 404 g/mol. The summed E-state index contributed by atoms with van der Waals surface area (Å²) in [5.41, 5.74) is 4.91. The van der Waals surface area contributed by atoms with Gasteiger partial charge in [-0.05, 0) is 50.3 Å². The Labute approximate surface area is 176 Å². The van der Waals surface area contributed by atoms with Crippen molar-refractivity contribution >= 4 is 55.5 Å². The van der Waals surface area contributed by atoms with Crippen molar-refractivity contribution in [2.75, 3.05) is 5.32 Å². The third-order valence-corrected chi connectivity index (χ3v) is 7.96. The molecule has 1 N–H and O–H groups in total. The fourth-order valence-corrected chi connectivity index (χ4v) is 6.55. The molecule has 1 aliphatic carbocycles. The van der Waals surface area contributed by atoms with Crippen LogP contribution in [0.3, 0.4) is 0 Å². The fraction of sp³-hybridized carbons (Fsp3) is 0.286. The van der Waals surface area contributed by atoms with Crippen LogP contribution in [0, 0.1) is 6.92 Å². The van der Waals surface area contributed by atoms with Crippen molar-refractivity contribution in [2.24, 2.45) is 0 Å². The molecule has 1 aliphatic rings. The van der Waals surface area contributed by atoms with E-state index in [0.29, 0.717) is 0 Å². The molecule has 3 heterocycles. The van der Waals surface area contributed by atoms with Crippen LogP contribution in [0.4, 0.5) is 10.8 Å². The molecule has 28 heavy (non-hydrogen) atoms. The van der Waals surface area contributed by atoms with Crippen LogP contribution in [0.5, 0.6) is 0 Å². The summed E-state index contributed by atoms with van der Waals surface area (Å²) in [6.07, 6.45) is 6.64. The average Bonchev–Trinajstić information content (AvgIpc) is 3.32. The predicted octanol–water partition coefficient (Wildman–Crippen LogP) is 6.37. The first-order chi connectivity index (χ1) is 13.8. The number of thiophene rings is 1. The second kappa shape index (κ2) is 7.81. The van der Waals surface area contributed by atoms with Crippen LogP contribution in [0.2, 0.25) is 0 Å². The molecule has 0 aliphatic heterocycles. The van der Waals surface area contributed by atoms with Crippen molar-refractivity contribution < 1.29 is 0 Å². The van der Waals surface area contributed by atoms with Crippen molar-refractivity contribution in [1.29, 1.82) is 0 Å². The van der Waals surface area contributed by atoms with Crippen molar-refractivity contribution in [1.82, 2.24) is 15.0 Å². The predicted molar refractivity (Wildman–Crippen MR) is 120 cm³/mol. The van der Waals surface area contributed by atoms with Gasteiger partial charge in [0.15, 0.2) is 5.13 Å². The highest BCUT2D eigenvalue weighted by atomic mass is 32.2. The Kier molecular flexibility index (Phi) is 5.05. The number of aromatic nitrogens is 3. The van der Waals surface area contributed by atoms with Crippen molar-refractivity contribution in [3.05, 3.63) is 57.7 Å². The molecular formula is C21H20N4S3. The van der Waals surface area contributed by atoms with Crippen LogP contribution in [0.15, 0.2) is 41.0 Å². The molecule has 0 fully saturated rings. The molecule has 5 rings (SSSR count). The molecule has 4 aromatic rings. The van der Waals surface area contributed by atoms with Gasteiger partial charge in [-0.3, -0.25) is 0 Å². The number of anilines is 2. The standard InChI is InChI=1S/C21H20N4S3/c1-13-6-8-14(9-7-13)24-21-25-15(11-27-21)10-26-19-18-16-4-2-3-5-17(16)28-20(18)23-12-22-19/h6-9,11-12H,2-5,10H2,1H3,(H,24,25). The number of aryl methyl sites for hydroxylation is 3. The summed E-state index contributed by atoms with van der Waals surface area (Å²) in [4.78, 5) is 16.5. The molecule has 0 saturated carbocycles. The first-order valence-electron chi connectivity index (χ1n) is 9.42. The molecule has 0 spiro atoms. The number of rotatable bonds is 5. The number of fused-ring (bicyclic) bond motifs is 3. The third kappa shape index (κ3) is 3.66. The molecule has 0 amide bonds. The lowest BCUT2D eigenvalue weighted by molar-refractivity contribution is 0.699. The van der Waals surface area contributed by atoms with E-state index in [1.54, 1.807) is 29.4 Å². The first kappa shape index (κ1) is 18.1. The van der Waals surface area contributed by atoms with E-state index < -0.39 is 0 Å². The van der Waals surface area contributed by atoms with Crippen LogP contribution >= 0.6 is 34.4 Å². The molecule has 1 aromatic carbocycles. The Bertz CT molecular complexity index is 1110. The molecule has 0 bridgehead atoms. The van der Waals surface area contributed by atoms with Gasteiger partial charge in [-0.15, -0.1) is 22.7 Å². The number of thiazole rings is 1. The van der Waals surface area contributed by atoms with Gasteiger partial charge >= 0.3 is 0 Å². The number of benzene rings is 1. The van der Waals surface area contributed by atoms with Crippen LogP contribution in [-0.4, -0.2) is 15.0 Å². The number of thioether (sulfide) groups is 1. The summed E-state index contributed by atoms with van der Waals surface area (Å²) in [7, 11) is 0. The quantitative estimate of drug-likeness (QED) is 0.298. The summed E-state index contributed by atoms with van der Waals surface area (Å²) in [5.74, 6) is 0.822. The average molecular weight is 425 g/mol. The maximum Gasteiger partial charge on any atom is 0.187 e. The topological polar surface area (TPSA) is 50.7 Å². The highest BCUT2D eigenvalue weighted by Crippen LogP contribution is 2.40. The van der Waals surface area contributed by atoms with Gasteiger partial charge in [0.05, 0.1) is 5.69 Å². The normalized spacial score (nSPS) is 13.6. The van der Waals surface area contributed by atoms with Gasteiger partial charge in [-0.1, -0.05) is 29.5 Å². The summed E-state index contributed by atoms with van der Waals surface area (Å²) < 4.78 is 0. The second-order valence-electron chi connectivity index (χ2n) is 6.99. The summed E-state index contributed by atoms with van der Waals surface area (Å²) >= 11 is 5.27. The number of nitrogens with zero attached hydrogens (tertiary/aromatic N) is 3. The molecule has 0 atom stereocenters. The molecule has 0 radical (unpaired) electrons. The Morgan fingerprint density at radius 1 is 1.11 bits per heavy atom. The van der Waals surface area contributed by atoms with Crippen LogP contribution in [-0.2, 0) is 18.6 Å². The zero-order chi connectivity index (χ0) is 18.9. The largest absolute Gasteiger partial charge is 0.332 e. The van der Waals surface area contributed by atoms with E-state index in [2.05, 4.69) is 51.9 Å². The van der Waals surface area contributed by atoms with Crippen LogP contribution < -0.4 is 5.32 Å². The van der Waals surface area contributed by atoms with E-state index in [9.17, 15) is 0 Å². The van der Waals surface area contributed by atoms with E-state index in [0.717, 1.165) is 38.5 Å². The first-order valence-corrected chi connectivity index (χ1v) is 12.1. The van der Waals surface area contributed by atoms with Gasteiger partial charge in [0.2, 0.25) is 0 Å². The Morgan fingerprint density at radius 3 is 2.86 bits per heavy atom. The van der Waals surface area contributed by atoms with E-state index >= 15 is 0 Å². The molecule has 4 nitrogen and oxygen atoms in total.